The summed E-state index contributed by atoms with van der Waals surface area (Å²) < 4.78 is 107. The van der Waals surface area contributed by atoms with E-state index in [0.717, 1.165) is 3.57 Å². The van der Waals surface area contributed by atoms with Gasteiger partial charge in [0, 0.05) is 15.2 Å². The summed E-state index contributed by atoms with van der Waals surface area (Å²) in [6.45, 7) is 5.09. The third-order valence-electron chi connectivity index (χ3n) is 6.97. The number of methoxy groups -OCH3 is 1. The SMILES string of the molecule is COc1cc(F)c(C(C)C)cc1-c1ccc(I)cc1CN1C(=O)O[C@H](c2cc(C(F)(F)F)cc(C(F)(F)F)c2)[C@@H]1C. The summed E-state index contributed by atoms with van der Waals surface area (Å²) in [7, 11) is 1.40. The van der Waals surface area contributed by atoms with Gasteiger partial charge in [-0.05, 0) is 94.1 Å². The zero-order valence-corrected chi connectivity index (χ0v) is 24.4. The first-order chi connectivity index (χ1) is 19.0. The molecular weight excluding hydrogens is 670 g/mol. The summed E-state index contributed by atoms with van der Waals surface area (Å²) in [5.74, 6) is -0.324. The number of hydrogen-bond acceptors (Lipinski definition) is 3. The van der Waals surface area contributed by atoms with E-state index in [1.54, 1.807) is 18.2 Å². The van der Waals surface area contributed by atoms with Crippen LogP contribution in [0.25, 0.3) is 11.1 Å². The monoisotopic (exact) mass is 695 g/mol. The maximum atomic E-state index is 14.7. The predicted octanol–water partition coefficient (Wildman–Crippen LogP) is 9.35. The van der Waals surface area contributed by atoms with Crippen LogP contribution in [0.3, 0.4) is 0 Å². The summed E-state index contributed by atoms with van der Waals surface area (Å²) in [6, 6.07) is 8.58. The number of carbonyl (C=O) groups is 1. The van der Waals surface area contributed by atoms with Crippen molar-refractivity contribution in [3.8, 4) is 16.9 Å². The van der Waals surface area contributed by atoms with Gasteiger partial charge in [0.1, 0.15) is 17.7 Å². The van der Waals surface area contributed by atoms with Crippen LogP contribution < -0.4 is 4.74 Å². The lowest BCUT2D eigenvalue weighted by molar-refractivity contribution is -0.143. The second kappa shape index (κ2) is 11.3. The van der Waals surface area contributed by atoms with Crippen molar-refractivity contribution in [3.05, 3.63) is 85.7 Å². The molecule has 3 aromatic carbocycles. The van der Waals surface area contributed by atoms with Crippen LogP contribution in [-0.2, 0) is 23.6 Å². The van der Waals surface area contributed by atoms with Crippen molar-refractivity contribution in [2.24, 2.45) is 0 Å². The van der Waals surface area contributed by atoms with Crippen LogP contribution >= 0.6 is 22.6 Å². The number of carbonyl (C=O) groups excluding carboxylic acids is 1. The maximum absolute atomic E-state index is 14.7. The van der Waals surface area contributed by atoms with E-state index in [0.29, 0.717) is 34.4 Å². The fourth-order valence-corrected chi connectivity index (χ4v) is 5.39. The molecule has 1 aliphatic heterocycles. The van der Waals surface area contributed by atoms with Crippen LogP contribution in [0, 0.1) is 9.39 Å². The van der Waals surface area contributed by atoms with Crippen LogP contribution in [0.1, 0.15) is 60.6 Å². The standard InChI is InChI=1S/C29H25F7INO3/c1-14(2)22-11-23(25(40-4)12-24(22)30)21-6-5-20(37)9-17(21)13-38-15(3)26(41-27(38)39)16-7-18(28(31,32)33)10-19(8-16)29(34,35)36/h5-12,14-15,26H,13H2,1-4H3/t15-,26-/m0/s1. The molecule has 0 aromatic heterocycles. The molecule has 2 atom stereocenters. The van der Waals surface area contributed by atoms with Crippen molar-refractivity contribution in [2.45, 2.75) is 57.7 Å². The van der Waals surface area contributed by atoms with Gasteiger partial charge in [0.15, 0.2) is 0 Å². The third kappa shape index (κ3) is 6.41. The number of cyclic esters (lactones) is 1. The summed E-state index contributed by atoms with van der Waals surface area (Å²) in [5.41, 5.74) is -1.17. The Morgan fingerprint density at radius 1 is 0.951 bits per heavy atom. The summed E-state index contributed by atoms with van der Waals surface area (Å²) in [5, 5.41) is 0. The molecule has 1 amide bonds. The predicted molar refractivity (Wildman–Crippen MR) is 146 cm³/mol. The summed E-state index contributed by atoms with van der Waals surface area (Å²) in [4.78, 5) is 14.2. The van der Waals surface area contributed by atoms with Crippen LogP contribution in [0.4, 0.5) is 35.5 Å². The molecule has 0 saturated carbocycles. The Labute approximate surface area is 245 Å². The third-order valence-corrected chi connectivity index (χ3v) is 7.64. The first kappa shape index (κ1) is 30.9. The number of alkyl halides is 6. The highest BCUT2D eigenvalue weighted by molar-refractivity contribution is 14.1. The van der Waals surface area contributed by atoms with Gasteiger partial charge in [0.25, 0.3) is 0 Å². The Kier molecular flexibility index (Phi) is 8.55. The number of ether oxygens (including phenoxy) is 2. The zero-order chi connectivity index (χ0) is 30.4. The molecule has 4 rings (SSSR count). The molecule has 1 saturated heterocycles. The van der Waals surface area contributed by atoms with Crippen molar-refractivity contribution in [1.82, 2.24) is 4.90 Å². The van der Waals surface area contributed by atoms with E-state index in [1.807, 2.05) is 19.9 Å². The van der Waals surface area contributed by atoms with Gasteiger partial charge in [0.2, 0.25) is 0 Å². The summed E-state index contributed by atoms with van der Waals surface area (Å²) in [6.07, 6.45) is -12.4. The van der Waals surface area contributed by atoms with Crippen molar-refractivity contribution in [1.29, 1.82) is 0 Å². The van der Waals surface area contributed by atoms with E-state index in [-0.39, 0.29) is 24.3 Å². The lowest BCUT2D eigenvalue weighted by Gasteiger charge is -2.24. The van der Waals surface area contributed by atoms with Gasteiger partial charge in [0.05, 0.1) is 30.8 Å². The fourth-order valence-electron chi connectivity index (χ4n) is 4.84. The highest BCUT2D eigenvalue weighted by Crippen LogP contribution is 2.42. The van der Waals surface area contributed by atoms with Gasteiger partial charge < -0.3 is 9.47 Å². The number of halogens is 8. The van der Waals surface area contributed by atoms with E-state index >= 15 is 0 Å². The Morgan fingerprint density at radius 3 is 2.10 bits per heavy atom. The molecular formula is C29H25F7INO3. The van der Waals surface area contributed by atoms with E-state index < -0.39 is 53.1 Å². The van der Waals surface area contributed by atoms with Crippen molar-refractivity contribution >= 4 is 28.7 Å². The normalized spacial score (nSPS) is 17.8. The fraction of sp³-hybridized carbons (Fsp3) is 0.345. The second-order valence-electron chi connectivity index (χ2n) is 10.0. The zero-order valence-electron chi connectivity index (χ0n) is 22.3. The van der Waals surface area contributed by atoms with Crippen molar-refractivity contribution in [2.75, 3.05) is 7.11 Å². The van der Waals surface area contributed by atoms with E-state index in [4.69, 9.17) is 9.47 Å². The number of benzene rings is 3. The molecule has 0 unspecified atom stereocenters. The average molecular weight is 695 g/mol. The van der Waals surface area contributed by atoms with E-state index in [2.05, 4.69) is 22.6 Å². The van der Waals surface area contributed by atoms with Crippen LogP contribution in [0.15, 0.2) is 48.5 Å². The molecule has 0 N–H and O–H groups in total. The number of nitrogens with zero attached hydrogens (tertiary/aromatic N) is 1. The number of rotatable bonds is 6. The Balaban J connectivity index is 1.75. The van der Waals surface area contributed by atoms with Crippen LogP contribution in [0.2, 0.25) is 0 Å². The summed E-state index contributed by atoms with van der Waals surface area (Å²) >= 11 is 2.08. The van der Waals surface area contributed by atoms with E-state index in [1.165, 1.54) is 25.0 Å². The molecule has 220 valence electrons. The molecule has 0 spiro atoms. The molecule has 1 fully saturated rings. The maximum Gasteiger partial charge on any atom is 0.416 e. The largest absolute Gasteiger partial charge is 0.496 e. The second-order valence-corrected chi connectivity index (χ2v) is 11.3. The molecule has 1 heterocycles. The lowest BCUT2D eigenvalue weighted by Crippen LogP contribution is -2.31. The van der Waals surface area contributed by atoms with Crippen LogP contribution in [-0.4, -0.2) is 24.1 Å². The minimum atomic E-state index is -5.04. The van der Waals surface area contributed by atoms with Gasteiger partial charge in [-0.3, -0.25) is 4.90 Å². The molecule has 3 aromatic rings. The lowest BCUT2D eigenvalue weighted by atomic mass is 9.93. The van der Waals surface area contributed by atoms with Gasteiger partial charge in [-0.2, -0.15) is 26.3 Å². The first-order valence-corrected chi connectivity index (χ1v) is 13.5. The first-order valence-electron chi connectivity index (χ1n) is 12.4. The minimum Gasteiger partial charge on any atom is -0.496 e. The molecule has 12 heteroatoms. The van der Waals surface area contributed by atoms with E-state index in [9.17, 15) is 35.5 Å². The highest BCUT2D eigenvalue weighted by Gasteiger charge is 2.43. The Morgan fingerprint density at radius 2 is 1.56 bits per heavy atom. The topological polar surface area (TPSA) is 38.8 Å². The molecule has 0 bridgehead atoms. The average Bonchev–Trinajstić information content (AvgIpc) is 3.15. The number of amides is 1. The molecule has 41 heavy (non-hydrogen) atoms. The van der Waals surface area contributed by atoms with Crippen molar-refractivity contribution < 1.29 is 45.0 Å². The molecule has 1 aliphatic rings. The Hall–Kier alpha value is -3.03. The quantitative estimate of drug-likeness (QED) is 0.191. The van der Waals surface area contributed by atoms with Gasteiger partial charge >= 0.3 is 18.4 Å². The Bertz CT molecular complexity index is 1440. The van der Waals surface area contributed by atoms with Gasteiger partial charge in [-0.25, -0.2) is 9.18 Å². The van der Waals surface area contributed by atoms with Gasteiger partial charge in [-0.1, -0.05) is 19.9 Å². The van der Waals surface area contributed by atoms with Crippen LogP contribution in [0.5, 0.6) is 5.75 Å². The smallest absolute Gasteiger partial charge is 0.416 e. The highest BCUT2D eigenvalue weighted by atomic mass is 127. The number of hydrogen-bond donors (Lipinski definition) is 0. The molecule has 0 aliphatic carbocycles. The van der Waals surface area contributed by atoms with Gasteiger partial charge in [-0.15, -0.1) is 0 Å². The molecule has 0 radical (unpaired) electrons. The van der Waals surface area contributed by atoms with Crippen molar-refractivity contribution in [3.63, 3.8) is 0 Å². The molecule has 4 nitrogen and oxygen atoms in total. The minimum absolute atomic E-state index is 0.0301.